The molecule has 0 fully saturated rings. The number of carbonyl (C=O) groups is 1. The molecule has 1 aromatic heterocycles. The number of carboxylic acid groups (broad SMARTS) is 1. The molecule has 1 aromatic rings. The van der Waals surface area contributed by atoms with Gasteiger partial charge >= 0.3 is 5.97 Å². The highest BCUT2D eigenvalue weighted by molar-refractivity contribution is 6.29. The highest BCUT2D eigenvalue weighted by atomic mass is 35.5. The number of anilines is 1. The van der Waals surface area contributed by atoms with Crippen LogP contribution in [0.4, 0.5) is 5.82 Å². The topological polar surface area (TPSA) is 62.7 Å². The smallest absolute Gasteiger partial charge is 0.339 e. The Morgan fingerprint density at radius 1 is 1.56 bits per heavy atom. The van der Waals surface area contributed by atoms with Crippen LogP contribution in [0.15, 0.2) is 12.1 Å². The van der Waals surface area contributed by atoms with E-state index in [1.54, 1.807) is 11.9 Å². The lowest BCUT2D eigenvalue weighted by molar-refractivity contribution is 0.0695. The van der Waals surface area contributed by atoms with Crippen LogP contribution in [-0.2, 0) is 4.74 Å². The summed E-state index contributed by atoms with van der Waals surface area (Å²) in [4.78, 5) is 16.8. The van der Waals surface area contributed by atoms with Crippen molar-refractivity contribution in [2.24, 2.45) is 0 Å². The Kier molecular flexibility index (Phi) is 5.37. The quantitative estimate of drug-likeness (QED) is 0.805. The van der Waals surface area contributed by atoms with Gasteiger partial charge in [-0.1, -0.05) is 11.6 Å². The molecule has 0 amide bonds. The van der Waals surface area contributed by atoms with E-state index in [2.05, 4.69) is 4.98 Å². The third-order valence-corrected chi connectivity index (χ3v) is 2.52. The largest absolute Gasteiger partial charge is 0.478 e. The molecule has 18 heavy (non-hydrogen) atoms. The number of hydrogen-bond acceptors (Lipinski definition) is 4. The van der Waals surface area contributed by atoms with Crippen molar-refractivity contribution in [1.29, 1.82) is 0 Å². The van der Waals surface area contributed by atoms with E-state index in [0.717, 1.165) is 0 Å². The van der Waals surface area contributed by atoms with Gasteiger partial charge in [-0.25, -0.2) is 9.78 Å². The van der Waals surface area contributed by atoms with Gasteiger partial charge < -0.3 is 14.7 Å². The first-order valence-corrected chi connectivity index (χ1v) is 6.02. The summed E-state index contributed by atoms with van der Waals surface area (Å²) >= 11 is 5.79. The van der Waals surface area contributed by atoms with Crippen LogP contribution in [0.1, 0.15) is 24.2 Å². The number of aromatic nitrogens is 1. The Labute approximate surface area is 111 Å². The molecule has 5 nitrogen and oxygen atoms in total. The average molecular weight is 273 g/mol. The van der Waals surface area contributed by atoms with Crippen LogP contribution in [0.3, 0.4) is 0 Å². The van der Waals surface area contributed by atoms with Crippen LogP contribution in [0.2, 0.25) is 5.15 Å². The maximum absolute atomic E-state index is 11.1. The van der Waals surface area contributed by atoms with Crippen LogP contribution in [0.25, 0.3) is 0 Å². The third-order valence-electron chi connectivity index (χ3n) is 2.31. The Balaban J connectivity index is 2.80. The van der Waals surface area contributed by atoms with Crippen molar-refractivity contribution in [3.05, 3.63) is 22.8 Å². The van der Waals surface area contributed by atoms with Crippen molar-refractivity contribution >= 4 is 23.4 Å². The van der Waals surface area contributed by atoms with Crippen molar-refractivity contribution in [3.63, 3.8) is 0 Å². The van der Waals surface area contributed by atoms with Gasteiger partial charge in [0.05, 0.1) is 12.7 Å². The molecule has 1 heterocycles. The fourth-order valence-electron chi connectivity index (χ4n) is 1.41. The van der Waals surface area contributed by atoms with Crippen LogP contribution in [0.5, 0.6) is 0 Å². The van der Waals surface area contributed by atoms with E-state index in [1.165, 1.54) is 12.1 Å². The number of likely N-dealkylation sites (N-methyl/N-ethyl adjacent to an activating group) is 1. The van der Waals surface area contributed by atoms with E-state index in [-0.39, 0.29) is 16.8 Å². The lowest BCUT2D eigenvalue weighted by Crippen LogP contribution is -2.26. The highest BCUT2D eigenvalue weighted by Crippen LogP contribution is 2.19. The first-order valence-electron chi connectivity index (χ1n) is 5.64. The highest BCUT2D eigenvalue weighted by Gasteiger charge is 2.15. The van der Waals surface area contributed by atoms with E-state index in [4.69, 9.17) is 21.4 Å². The lowest BCUT2D eigenvalue weighted by Gasteiger charge is -2.20. The van der Waals surface area contributed by atoms with E-state index >= 15 is 0 Å². The first-order chi connectivity index (χ1) is 8.41. The maximum Gasteiger partial charge on any atom is 0.339 e. The van der Waals surface area contributed by atoms with E-state index in [9.17, 15) is 4.79 Å². The maximum atomic E-state index is 11.1. The van der Waals surface area contributed by atoms with Crippen molar-refractivity contribution in [3.8, 4) is 0 Å². The monoisotopic (exact) mass is 272 g/mol. The van der Waals surface area contributed by atoms with E-state index in [0.29, 0.717) is 19.0 Å². The zero-order valence-corrected chi connectivity index (χ0v) is 11.4. The van der Waals surface area contributed by atoms with Crippen molar-refractivity contribution in [2.75, 3.05) is 25.1 Å². The SMILES string of the molecule is CC(C)OCCN(C)c1nc(Cl)ccc1C(=O)O. The Bertz CT molecular complexity index is 424. The molecule has 0 unspecified atom stereocenters. The molecule has 0 saturated heterocycles. The zero-order valence-electron chi connectivity index (χ0n) is 10.7. The number of halogens is 1. The number of hydrogen-bond donors (Lipinski definition) is 1. The average Bonchev–Trinajstić information content (AvgIpc) is 2.27. The molecule has 100 valence electrons. The normalized spacial score (nSPS) is 10.7. The van der Waals surface area contributed by atoms with Gasteiger partial charge in [0.2, 0.25) is 0 Å². The van der Waals surface area contributed by atoms with Gasteiger partial charge in [-0.2, -0.15) is 0 Å². The second-order valence-electron chi connectivity index (χ2n) is 4.15. The number of nitrogens with zero attached hydrogens (tertiary/aromatic N) is 2. The second kappa shape index (κ2) is 6.56. The van der Waals surface area contributed by atoms with Gasteiger partial charge in [0.15, 0.2) is 0 Å². The number of rotatable bonds is 6. The molecule has 0 saturated carbocycles. The van der Waals surface area contributed by atoms with Crippen LogP contribution >= 0.6 is 11.6 Å². The molecule has 0 radical (unpaired) electrons. The fraction of sp³-hybridized carbons (Fsp3) is 0.500. The fourth-order valence-corrected chi connectivity index (χ4v) is 1.56. The van der Waals surface area contributed by atoms with Gasteiger partial charge in [-0.05, 0) is 26.0 Å². The van der Waals surface area contributed by atoms with Gasteiger partial charge in [0.1, 0.15) is 16.5 Å². The number of aromatic carboxylic acids is 1. The predicted molar refractivity (Wildman–Crippen MR) is 70.6 cm³/mol. The van der Waals surface area contributed by atoms with E-state index in [1.807, 2.05) is 13.8 Å². The summed E-state index contributed by atoms with van der Waals surface area (Å²) in [5, 5.41) is 9.35. The molecule has 0 aliphatic heterocycles. The van der Waals surface area contributed by atoms with E-state index < -0.39 is 5.97 Å². The van der Waals surface area contributed by atoms with Gasteiger partial charge in [0, 0.05) is 13.6 Å². The Morgan fingerprint density at radius 3 is 2.78 bits per heavy atom. The number of ether oxygens (including phenoxy) is 1. The summed E-state index contributed by atoms with van der Waals surface area (Å²) in [6.45, 7) is 4.94. The summed E-state index contributed by atoms with van der Waals surface area (Å²) < 4.78 is 5.41. The molecule has 6 heteroatoms. The standard InChI is InChI=1S/C12H17ClN2O3/c1-8(2)18-7-6-15(3)11-9(12(16)17)4-5-10(13)14-11/h4-5,8H,6-7H2,1-3H3,(H,16,17). The van der Waals surface area contributed by atoms with Crippen molar-refractivity contribution < 1.29 is 14.6 Å². The predicted octanol–water partition coefficient (Wildman–Crippen LogP) is 2.29. The van der Waals surface area contributed by atoms with Gasteiger partial charge in [0.25, 0.3) is 0 Å². The molecule has 0 aromatic carbocycles. The minimum atomic E-state index is -1.02. The summed E-state index contributed by atoms with van der Waals surface area (Å²) in [5.74, 6) is -0.673. The van der Waals surface area contributed by atoms with Crippen molar-refractivity contribution in [2.45, 2.75) is 20.0 Å². The van der Waals surface area contributed by atoms with Crippen LogP contribution in [-0.4, -0.2) is 42.4 Å². The second-order valence-corrected chi connectivity index (χ2v) is 4.54. The molecular formula is C12H17ClN2O3. The molecule has 0 aliphatic carbocycles. The van der Waals surface area contributed by atoms with Gasteiger partial charge in [-0.15, -0.1) is 0 Å². The molecule has 0 spiro atoms. The summed E-state index contributed by atoms with van der Waals surface area (Å²) in [6, 6.07) is 2.92. The Hall–Kier alpha value is -1.33. The molecule has 0 aliphatic rings. The molecule has 1 rings (SSSR count). The van der Waals surface area contributed by atoms with Crippen LogP contribution in [0, 0.1) is 0 Å². The molecule has 0 bridgehead atoms. The van der Waals surface area contributed by atoms with Gasteiger partial charge in [-0.3, -0.25) is 0 Å². The summed E-state index contributed by atoms with van der Waals surface area (Å²) in [7, 11) is 1.76. The minimum absolute atomic E-state index is 0.131. The number of carboxylic acids is 1. The Morgan fingerprint density at radius 2 is 2.22 bits per heavy atom. The first kappa shape index (κ1) is 14.7. The molecular weight excluding hydrogens is 256 g/mol. The lowest BCUT2D eigenvalue weighted by atomic mass is 10.2. The van der Waals surface area contributed by atoms with Crippen LogP contribution < -0.4 is 4.90 Å². The summed E-state index contributed by atoms with van der Waals surface area (Å²) in [6.07, 6.45) is 0.143. The third kappa shape index (κ3) is 4.16. The molecule has 1 N–H and O–H groups in total. The number of pyridine rings is 1. The van der Waals surface area contributed by atoms with Crippen molar-refractivity contribution in [1.82, 2.24) is 4.98 Å². The summed E-state index contributed by atoms with van der Waals surface area (Å²) in [5.41, 5.74) is 0.131. The zero-order chi connectivity index (χ0) is 13.7. The minimum Gasteiger partial charge on any atom is -0.478 e. The molecule has 0 atom stereocenters.